The average Bonchev–Trinajstić information content (AvgIpc) is 3.40. The maximum absolute atomic E-state index is 12.3. The van der Waals surface area contributed by atoms with Crippen LogP contribution in [0.2, 0.25) is 0 Å². The van der Waals surface area contributed by atoms with Crippen LogP contribution in [0.1, 0.15) is 42.5 Å². The fourth-order valence-corrected chi connectivity index (χ4v) is 3.48. The minimum absolute atomic E-state index is 0.0211. The lowest BCUT2D eigenvalue weighted by Gasteiger charge is -2.26. The molecule has 9 heteroatoms. The molecule has 0 heterocycles. The third-order valence-electron chi connectivity index (χ3n) is 5.16. The van der Waals surface area contributed by atoms with Gasteiger partial charge in [-0.3, -0.25) is 9.59 Å². The van der Waals surface area contributed by atoms with Gasteiger partial charge in [0.15, 0.2) is 0 Å². The quantitative estimate of drug-likeness (QED) is 0.684. The predicted molar refractivity (Wildman–Crippen MR) is 93.5 cm³/mol. The van der Waals surface area contributed by atoms with Gasteiger partial charge in [0.05, 0.1) is 6.10 Å². The van der Waals surface area contributed by atoms with Gasteiger partial charge in [-0.05, 0) is 56.2 Å². The van der Waals surface area contributed by atoms with Gasteiger partial charge in [-0.15, -0.1) is 13.2 Å². The largest absolute Gasteiger partial charge is 0.573 e. The molecule has 2 saturated carbocycles. The Morgan fingerprint density at radius 1 is 1.18 bits per heavy atom. The molecule has 2 aliphatic rings. The van der Waals surface area contributed by atoms with Crippen molar-refractivity contribution in [2.75, 3.05) is 6.54 Å². The Hall–Kier alpha value is -2.29. The lowest BCUT2D eigenvalue weighted by molar-refractivity contribution is -0.274. The molecule has 28 heavy (non-hydrogen) atoms. The summed E-state index contributed by atoms with van der Waals surface area (Å²) in [5.41, 5.74) is 0.0594. The van der Waals surface area contributed by atoms with Crippen LogP contribution in [0, 0.1) is 11.8 Å². The number of benzene rings is 1. The predicted octanol–water partition coefficient (Wildman–Crippen LogP) is 2.37. The number of ether oxygens (including phenoxy) is 1. The zero-order valence-electron chi connectivity index (χ0n) is 15.2. The molecule has 0 bridgehead atoms. The van der Waals surface area contributed by atoms with Gasteiger partial charge in [0, 0.05) is 24.1 Å². The minimum atomic E-state index is -4.82. The summed E-state index contributed by atoms with van der Waals surface area (Å²) in [6.07, 6.45) is -1.54. The third-order valence-corrected chi connectivity index (χ3v) is 5.16. The zero-order valence-corrected chi connectivity index (χ0v) is 15.2. The molecule has 2 aliphatic carbocycles. The summed E-state index contributed by atoms with van der Waals surface area (Å²) in [7, 11) is 0. The van der Waals surface area contributed by atoms with Gasteiger partial charge in [0.2, 0.25) is 5.91 Å². The van der Waals surface area contributed by atoms with E-state index in [1.54, 1.807) is 0 Å². The van der Waals surface area contributed by atoms with Crippen LogP contribution in [-0.4, -0.2) is 42.0 Å². The lowest BCUT2D eigenvalue weighted by Crippen LogP contribution is -2.40. The average molecular weight is 400 g/mol. The third kappa shape index (κ3) is 5.85. The van der Waals surface area contributed by atoms with Crippen molar-refractivity contribution >= 4 is 11.8 Å². The first kappa shape index (κ1) is 20.4. The molecular weight excluding hydrogens is 377 g/mol. The molecule has 0 saturated heterocycles. The molecule has 2 unspecified atom stereocenters. The number of aliphatic hydroxyl groups is 1. The number of alkyl halides is 3. The van der Waals surface area contributed by atoms with Crippen molar-refractivity contribution in [3.63, 3.8) is 0 Å². The van der Waals surface area contributed by atoms with E-state index >= 15 is 0 Å². The van der Waals surface area contributed by atoms with Crippen LogP contribution in [0.25, 0.3) is 0 Å². The van der Waals surface area contributed by atoms with Crippen LogP contribution in [-0.2, 0) is 4.79 Å². The Morgan fingerprint density at radius 3 is 2.57 bits per heavy atom. The molecule has 3 N–H and O–H groups in total. The number of aliphatic hydroxyl groups excluding tert-OH is 1. The molecule has 154 valence electrons. The van der Waals surface area contributed by atoms with Gasteiger partial charge in [0.1, 0.15) is 5.75 Å². The molecule has 3 rings (SSSR count). The van der Waals surface area contributed by atoms with Crippen LogP contribution >= 0.6 is 0 Å². The van der Waals surface area contributed by atoms with E-state index in [0.717, 1.165) is 25.0 Å². The van der Waals surface area contributed by atoms with Gasteiger partial charge in [-0.25, -0.2) is 0 Å². The van der Waals surface area contributed by atoms with Gasteiger partial charge in [-0.1, -0.05) is 6.07 Å². The second kappa shape index (κ2) is 8.38. The van der Waals surface area contributed by atoms with Gasteiger partial charge in [0.25, 0.3) is 5.91 Å². The first-order chi connectivity index (χ1) is 13.2. The number of hydrogen-bond donors (Lipinski definition) is 3. The summed E-state index contributed by atoms with van der Waals surface area (Å²) < 4.78 is 40.6. The molecule has 1 aromatic rings. The summed E-state index contributed by atoms with van der Waals surface area (Å²) >= 11 is 0. The number of hydrogen-bond acceptors (Lipinski definition) is 4. The van der Waals surface area contributed by atoms with Crippen molar-refractivity contribution in [1.29, 1.82) is 0 Å². The van der Waals surface area contributed by atoms with Crippen molar-refractivity contribution in [3.8, 4) is 5.75 Å². The number of amides is 2. The fraction of sp³-hybridized carbons (Fsp3) is 0.579. The van der Waals surface area contributed by atoms with Crippen LogP contribution in [0.3, 0.4) is 0 Å². The summed E-state index contributed by atoms with van der Waals surface area (Å²) in [6, 6.07) is 4.94. The van der Waals surface area contributed by atoms with E-state index in [1.807, 2.05) is 0 Å². The van der Waals surface area contributed by atoms with Crippen molar-refractivity contribution in [3.05, 3.63) is 29.8 Å². The molecule has 2 atom stereocenters. The van der Waals surface area contributed by atoms with E-state index in [9.17, 15) is 27.9 Å². The van der Waals surface area contributed by atoms with Crippen molar-refractivity contribution in [2.45, 2.75) is 50.6 Å². The molecule has 1 aromatic carbocycles. The van der Waals surface area contributed by atoms with Crippen LogP contribution < -0.4 is 15.4 Å². The van der Waals surface area contributed by atoms with Crippen molar-refractivity contribution in [2.24, 2.45) is 11.8 Å². The number of halogens is 3. The standard InChI is InChI=1S/C19H23F3N2O4/c20-19(21,22)28-15-3-1-2-11(8-15)17(26)23-10-12-9-16(12)18(27)24-13-4-6-14(25)7-5-13/h1-3,8,12-14,16,25H,4-7,9-10H2,(H,23,26)(H,24,27). The fourth-order valence-electron chi connectivity index (χ4n) is 3.48. The van der Waals surface area contributed by atoms with Crippen molar-refractivity contribution in [1.82, 2.24) is 10.6 Å². The molecule has 2 amide bonds. The second-order valence-corrected chi connectivity index (χ2v) is 7.40. The first-order valence-electron chi connectivity index (χ1n) is 9.33. The maximum atomic E-state index is 12.3. The Kier molecular flexibility index (Phi) is 6.12. The highest BCUT2D eigenvalue weighted by atomic mass is 19.4. The number of carbonyl (C=O) groups excluding carboxylic acids is 2. The lowest BCUT2D eigenvalue weighted by atomic mass is 9.93. The van der Waals surface area contributed by atoms with Crippen LogP contribution in [0.4, 0.5) is 13.2 Å². The van der Waals surface area contributed by atoms with Gasteiger partial charge < -0.3 is 20.5 Å². The molecular formula is C19H23F3N2O4. The molecule has 0 spiro atoms. The summed E-state index contributed by atoms with van der Waals surface area (Å²) in [5, 5.41) is 15.1. The summed E-state index contributed by atoms with van der Waals surface area (Å²) in [4.78, 5) is 24.4. The SMILES string of the molecule is O=C(NCC1CC1C(=O)NC1CCC(O)CC1)c1cccc(OC(F)(F)F)c1. The number of carbonyl (C=O) groups is 2. The van der Waals surface area contributed by atoms with Crippen LogP contribution in [0.15, 0.2) is 24.3 Å². The normalized spacial score (nSPS) is 27.0. The first-order valence-corrected chi connectivity index (χ1v) is 9.33. The number of rotatable bonds is 6. The highest BCUT2D eigenvalue weighted by Gasteiger charge is 2.43. The molecule has 0 aliphatic heterocycles. The van der Waals surface area contributed by atoms with Gasteiger partial charge >= 0.3 is 6.36 Å². The van der Waals surface area contributed by atoms with Gasteiger partial charge in [-0.2, -0.15) is 0 Å². The Morgan fingerprint density at radius 2 is 1.89 bits per heavy atom. The summed E-state index contributed by atoms with van der Waals surface area (Å²) in [6.45, 7) is 0.282. The monoisotopic (exact) mass is 400 g/mol. The second-order valence-electron chi connectivity index (χ2n) is 7.40. The van der Waals surface area contributed by atoms with E-state index in [-0.39, 0.29) is 42.0 Å². The maximum Gasteiger partial charge on any atom is 0.573 e. The van der Waals surface area contributed by atoms with E-state index in [1.165, 1.54) is 12.1 Å². The molecule has 6 nitrogen and oxygen atoms in total. The highest BCUT2D eigenvalue weighted by Crippen LogP contribution is 2.38. The Labute approximate surface area is 160 Å². The number of nitrogens with one attached hydrogen (secondary N) is 2. The molecule has 0 radical (unpaired) electrons. The topological polar surface area (TPSA) is 87.7 Å². The van der Waals surface area contributed by atoms with E-state index in [2.05, 4.69) is 15.4 Å². The van der Waals surface area contributed by atoms with E-state index in [4.69, 9.17) is 0 Å². The minimum Gasteiger partial charge on any atom is -0.406 e. The van der Waals surface area contributed by atoms with Crippen LogP contribution in [0.5, 0.6) is 5.75 Å². The zero-order chi connectivity index (χ0) is 20.3. The smallest absolute Gasteiger partial charge is 0.406 e. The molecule has 2 fully saturated rings. The van der Waals surface area contributed by atoms with E-state index < -0.39 is 18.0 Å². The highest BCUT2D eigenvalue weighted by molar-refractivity contribution is 5.94. The summed E-state index contributed by atoms with van der Waals surface area (Å²) in [5.74, 6) is -1.15. The Bertz CT molecular complexity index is 717. The van der Waals surface area contributed by atoms with Crippen molar-refractivity contribution < 1.29 is 32.6 Å². The Balaban J connectivity index is 1.42. The molecule has 0 aromatic heterocycles. The van der Waals surface area contributed by atoms with E-state index in [0.29, 0.717) is 19.3 Å².